The second-order valence-corrected chi connectivity index (χ2v) is 4.95. The van der Waals surface area contributed by atoms with Gasteiger partial charge in [-0.15, -0.1) is 0 Å². The van der Waals surface area contributed by atoms with Gasteiger partial charge in [-0.2, -0.15) is 0 Å². The lowest BCUT2D eigenvalue weighted by Crippen LogP contribution is -2.13. The Hall–Kier alpha value is -2.62. The number of benzene rings is 1. The second-order valence-electron chi connectivity index (χ2n) is 4.95. The van der Waals surface area contributed by atoms with Crippen molar-refractivity contribution in [3.05, 3.63) is 53.9 Å². The van der Waals surface area contributed by atoms with Crippen LogP contribution in [0.2, 0.25) is 0 Å². The Morgan fingerprint density at radius 2 is 2.15 bits per heavy atom. The van der Waals surface area contributed by atoms with Gasteiger partial charge in [-0.05, 0) is 24.1 Å². The van der Waals surface area contributed by atoms with Crippen LogP contribution in [0.4, 0.5) is 0 Å². The van der Waals surface area contributed by atoms with Crippen LogP contribution in [-0.2, 0) is 11.2 Å². The van der Waals surface area contributed by atoms with E-state index in [-0.39, 0.29) is 12.3 Å². The number of nitrogens with one attached hydrogen (secondary N) is 1. The lowest BCUT2D eigenvalue weighted by molar-refractivity contribution is -0.117. The minimum atomic E-state index is -0.341. The third kappa shape index (κ3) is 2.28. The molecule has 0 radical (unpaired) electrons. The van der Waals surface area contributed by atoms with Gasteiger partial charge in [0.2, 0.25) is 5.91 Å². The minimum absolute atomic E-state index is 0.221. The predicted molar refractivity (Wildman–Crippen MR) is 79.2 cm³/mol. The zero-order valence-corrected chi connectivity index (χ0v) is 11.2. The topological polar surface area (TPSA) is 71.8 Å². The summed E-state index contributed by atoms with van der Waals surface area (Å²) in [6.07, 6.45) is 3.85. The Bertz CT molecular complexity index is 789. The monoisotopic (exact) mass is 265 g/mol. The Morgan fingerprint density at radius 3 is 2.90 bits per heavy atom. The van der Waals surface area contributed by atoms with Crippen molar-refractivity contribution in [3.63, 3.8) is 0 Å². The standard InChI is InChI=1S/C16H15N3O/c1-10-3-2-4-11(5-10)12-6-14-13(7-15(17)20)9-19-16(14)18-8-12/h2-6,8-9H,7H2,1H3,(H2,17,20)(H,18,19). The molecule has 1 aromatic carbocycles. The van der Waals surface area contributed by atoms with Gasteiger partial charge in [0.05, 0.1) is 6.42 Å². The van der Waals surface area contributed by atoms with Gasteiger partial charge in [-0.1, -0.05) is 29.8 Å². The molecule has 100 valence electrons. The van der Waals surface area contributed by atoms with Crippen LogP contribution < -0.4 is 5.73 Å². The van der Waals surface area contributed by atoms with Crippen molar-refractivity contribution in [1.29, 1.82) is 0 Å². The number of fused-ring (bicyclic) bond motifs is 1. The Morgan fingerprint density at radius 1 is 1.30 bits per heavy atom. The highest BCUT2D eigenvalue weighted by molar-refractivity contribution is 5.89. The van der Waals surface area contributed by atoms with Gasteiger partial charge in [-0.25, -0.2) is 4.98 Å². The molecule has 0 aliphatic carbocycles. The van der Waals surface area contributed by atoms with Crippen LogP contribution in [0.15, 0.2) is 42.7 Å². The summed E-state index contributed by atoms with van der Waals surface area (Å²) in [5.74, 6) is -0.341. The molecule has 1 amide bonds. The van der Waals surface area contributed by atoms with E-state index in [0.29, 0.717) is 0 Å². The normalized spacial score (nSPS) is 10.8. The van der Waals surface area contributed by atoms with Crippen molar-refractivity contribution in [1.82, 2.24) is 9.97 Å². The Balaban J connectivity index is 2.11. The maximum absolute atomic E-state index is 11.1. The Labute approximate surface area is 116 Å². The highest BCUT2D eigenvalue weighted by Crippen LogP contribution is 2.25. The van der Waals surface area contributed by atoms with Gasteiger partial charge in [0.1, 0.15) is 5.65 Å². The predicted octanol–water partition coefficient (Wildman–Crippen LogP) is 2.57. The number of nitrogens with zero attached hydrogens (tertiary/aromatic N) is 1. The first-order valence-corrected chi connectivity index (χ1v) is 6.45. The van der Waals surface area contributed by atoms with Gasteiger partial charge in [-0.3, -0.25) is 4.79 Å². The van der Waals surface area contributed by atoms with E-state index in [1.54, 1.807) is 6.20 Å². The number of hydrogen-bond acceptors (Lipinski definition) is 2. The summed E-state index contributed by atoms with van der Waals surface area (Å²) in [4.78, 5) is 18.6. The number of amides is 1. The van der Waals surface area contributed by atoms with Gasteiger partial charge in [0.15, 0.2) is 0 Å². The highest BCUT2D eigenvalue weighted by Gasteiger charge is 2.09. The first-order chi connectivity index (χ1) is 9.63. The molecule has 4 nitrogen and oxygen atoms in total. The molecule has 3 aromatic rings. The smallest absolute Gasteiger partial charge is 0.221 e. The van der Waals surface area contributed by atoms with Crippen LogP contribution in [0.25, 0.3) is 22.2 Å². The molecular weight excluding hydrogens is 250 g/mol. The van der Waals surface area contributed by atoms with Crippen molar-refractivity contribution in [2.75, 3.05) is 0 Å². The molecule has 0 spiro atoms. The van der Waals surface area contributed by atoms with E-state index in [4.69, 9.17) is 5.73 Å². The number of primary amides is 1. The van der Waals surface area contributed by atoms with Gasteiger partial charge >= 0.3 is 0 Å². The number of aryl methyl sites for hydroxylation is 1. The quantitative estimate of drug-likeness (QED) is 0.764. The van der Waals surface area contributed by atoms with Crippen molar-refractivity contribution in [2.24, 2.45) is 5.73 Å². The zero-order valence-electron chi connectivity index (χ0n) is 11.2. The average Bonchev–Trinajstić information content (AvgIpc) is 2.80. The van der Waals surface area contributed by atoms with E-state index in [1.165, 1.54) is 5.56 Å². The summed E-state index contributed by atoms with van der Waals surface area (Å²) in [5, 5.41) is 0.947. The summed E-state index contributed by atoms with van der Waals surface area (Å²) in [6.45, 7) is 2.06. The van der Waals surface area contributed by atoms with Crippen LogP contribution in [0, 0.1) is 6.92 Å². The first-order valence-electron chi connectivity index (χ1n) is 6.45. The molecule has 0 atom stereocenters. The zero-order chi connectivity index (χ0) is 14.1. The molecule has 4 heteroatoms. The fourth-order valence-corrected chi connectivity index (χ4v) is 2.37. The van der Waals surface area contributed by atoms with E-state index in [0.717, 1.165) is 27.7 Å². The summed E-state index contributed by atoms with van der Waals surface area (Å²) in [7, 11) is 0. The van der Waals surface area contributed by atoms with Crippen LogP contribution >= 0.6 is 0 Å². The van der Waals surface area contributed by atoms with E-state index >= 15 is 0 Å². The number of aromatic amines is 1. The summed E-state index contributed by atoms with van der Waals surface area (Å²) < 4.78 is 0. The van der Waals surface area contributed by atoms with Crippen LogP contribution in [0.5, 0.6) is 0 Å². The summed E-state index contributed by atoms with van der Waals surface area (Å²) in [6, 6.07) is 10.3. The Kier molecular flexibility index (Phi) is 2.99. The summed E-state index contributed by atoms with van der Waals surface area (Å²) >= 11 is 0. The maximum atomic E-state index is 11.1. The van der Waals surface area contributed by atoms with Gasteiger partial charge < -0.3 is 10.7 Å². The molecule has 0 aliphatic rings. The third-order valence-corrected chi connectivity index (χ3v) is 3.33. The van der Waals surface area contributed by atoms with Crippen LogP contribution in [0.1, 0.15) is 11.1 Å². The lowest BCUT2D eigenvalue weighted by Gasteiger charge is -2.03. The average molecular weight is 265 g/mol. The summed E-state index contributed by atoms with van der Waals surface area (Å²) in [5.41, 5.74) is 10.3. The number of nitrogens with two attached hydrogens (primary N) is 1. The van der Waals surface area contributed by atoms with E-state index < -0.39 is 0 Å². The fourth-order valence-electron chi connectivity index (χ4n) is 2.37. The van der Waals surface area contributed by atoms with Crippen LogP contribution in [-0.4, -0.2) is 15.9 Å². The number of carbonyl (C=O) groups excluding carboxylic acids is 1. The molecule has 0 saturated heterocycles. The van der Waals surface area contributed by atoms with E-state index in [9.17, 15) is 4.79 Å². The number of H-pyrrole nitrogens is 1. The van der Waals surface area contributed by atoms with Gasteiger partial charge in [0, 0.05) is 23.3 Å². The molecular formula is C16H15N3O. The number of rotatable bonds is 3. The number of pyridine rings is 1. The van der Waals surface area contributed by atoms with Crippen molar-refractivity contribution in [3.8, 4) is 11.1 Å². The number of carbonyl (C=O) groups is 1. The lowest BCUT2D eigenvalue weighted by atomic mass is 10.0. The van der Waals surface area contributed by atoms with E-state index in [1.807, 2.05) is 18.3 Å². The second kappa shape index (κ2) is 4.81. The molecule has 2 aromatic heterocycles. The van der Waals surface area contributed by atoms with Gasteiger partial charge in [0.25, 0.3) is 0 Å². The largest absolute Gasteiger partial charge is 0.369 e. The SMILES string of the molecule is Cc1cccc(-c2cnc3[nH]cc(CC(N)=O)c3c2)c1. The maximum Gasteiger partial charge on any atom is 0.221 e. The molecule has 20 heavy (non-hydrogen) atoms. The fraction of sp³-hybridized carbons (Fsp3) is 0.125. The molecule has 0 bridgehead atoms. The molecule has 0 fully saturated rings. The molecule has 0 aliphatic heterocycles. The van der Waals surface area contributed by atoms with Crippen LogP contribution in [0.3, 0.4) is 0 Å². The van der Waals surface area contributed by atoms with E-state index in [2.05, 4.69) is 35.1 Å². The van der Waals surface area contributed by atoms with Crippen molar-refractivity contribution >= 4 is 16.9 Å². The first kappa shape index (κ1) is 12.4. The molecule has 2 heterocycles. The van der Waals surface area contributed by atoms with Crippen molar-refractivity contribution < 1.29 is 4.79 Å². The molecule has 0 saturated carbocycles. The number of aromatic nitrogens is 2. The van der Waals surface area contributed by atoms with Crippen molar-refractivity contribution in [2.45, 2.75) is 13.3 Å². The number of hydrogen-bond donors (Lipinski definition) is 2. The molecule has 3 rings (SSSR count). The molecule has 3 N–H and O–H groups in total. The highest BCUT2D eigenvalue weighted by atomic mass is 16.1. The minimum Gasteiger partial charge on any atom is -0.369 e. The third-order valence-electron chi connectivity index (χ3n) is 3.33. The molecule has 0 unspecified atom stereocenters.